The van der Waals surface area contributed by atoms with Gasteiger partial charge >= 0.3 is 6.09 Å². The summed E-state index contributed by atoms with van der Waals surface area (Å²) in [6.45, 7) is 2.65. The van der Waals surface area contributed by atoms with Crippen LogP contribution in [0, 0.1) is 0 Å². The number of alkyl carbamates (subject to hydrolysis) is 1. The standard InChI is InChI=1S/C19H38N2O3/c1-3-4-5-6-7-8-9-10-11-12-13-14-15-16-21-19(23)24-17-18(22)20-2/h3-17H2,1-2H3,(H,20,22)(H,21,23). The lowest BCUT2D eigenvalue weighted by Crippen LogP contribution is -2.30. The van der Waals surface area contributed by atoms with E-state index >= 15 is 0 Å². The topological polar surface area (TPSA) is 67.4 Å². The van der Waals surface area contributed by atoms with Gasteiger partial charge in [0.1, 0.15) is 0 Å². The summed E-state index contributed by atoms with van der Waals surface area (Å²) >= 11 is 0. The molecule has 0 heterocycles. The monoisotopic (exact) mass is 342 g/mol. The van der Waals surface area contributed by atoms with E-state index in [4.69, 9.17) is 4.74 Å². The zero-order valence-corrected chi connectivity index (χ0v) is 15.8. The zero-order valence-electron chi connectivity index (χ0n) is 15.8. The Hall–Kier alpha value is -1.26. The van der Waals surface area contributed by atoms with Crippen LogP contribution in [0.15, 0.2) is 0 Å². The maximum absolute atomic E-state index is 11.3. The fourth-order valence-electron chi connectivity index (χ4n) is 2.59. The second kappa shape index (κ2) is 18.1. The molecule has 142 valence electrons. The molecule has 0 saturated carbocycles. The van der Waals surface area contributed by atoms with Gasteiger partial charge in [-0.25, -0.2) is 4.79 Å². The van der Waals surface area contributed by atoms with E-state index in [1.807, 2.05) is 0 Å². The third-order valence-electron chi connectivity index (χ3n) is 4.16. The molecule has 0 aliphatic heterocycles. The third-order valence-corrected chi connectivity index (χ3v) is 4.16. The summed E-state index contributed by atoms with van der Waals surface area (Å²) in [6.07, 6.45) is 16.5. The minimum absolute atomic E-state index is 0.221. The highest BCUT2D eigenvalue weighted by Gasteiger charge is 2.04. The molecule has 5 nitrogen and oxygen atoms in total. The number of hydrogen-bond acceptors (Lipinski definition) is 3. The van der Waals surface area contributed by atoms with Gasteiger partial charge in [-0.2, -0.15) is 0 Å². The molecule has 0 aromatic rings. The Bertz CT molecular complexity index is 309. The molecule has 24 heavy (non-hydrogen) atoms. The van der Waals surface area contributed by atoms with Crippen molar-refractivity contribution >= 4 is 12.0 Å². The van der Waals surface area contributed by atoms with Crippen LogP contribution < -0.4 is 10.6 Å². The van der Waals surface area contributed by atoms with E-state index in [0.717, 1.165) is 12.8 Å². The van der Waals surface area contributed by atoms with Crippen LogP contribution >= 0.6 is 0 Å². The third kappa shape index (κ3) is 17.1. The molecule has 0 fully saturated rings. The summed E-state index contributed by atoms with van der Waals surface area (Å²) < 4.78 is 4.75. The summed E-state index contributed by atoms with van der Waals surface area (Å²) in [5.74, 6) is -0.300. The molecule has 2 N–H and O–H groups in total. The molecule has 0 aliphatic rings. The number of hydrogen-bond donors (Lipinski definition) is 2. The van der Waals surface area contributed by atoms with Crippen molar-refractivity contribution in [3.8, 4) is 0 Å². The Morgan fingerprint density at radius 2 is 1.21 bits per heavy atom. The highest BCUT2D eigenvalue weighted by Crippen LogP contribution is 2.12. The quantitative estimate of drug-likeness (QED) is 0.404. The second-order valence-electron chi connectivity index (χ2n) is 6.42. The summed E-state index contributed by atoms with van der Waals surface area (Å²) in [5.41, 5.74) is 0. The van der Waals surface area contributed by atoms with Gasteiger partial charge in [0, 0.05) is 13.6 Å². The van der Waals surface area contributed by atoms with Crippen LogP contribution in [0.5, 0.6) is 0 Å². The van der Waals surface area contributed by atoms with Crippen LogP contribution in [0.1, 0.15) is 90.4 Å². The molecule has 0 aromatic carbocycles. The van der Waals surface area contributed by atoms with Crippen LogP contribution in [-0.4, -0.2) is 32.2 Å². The van der Waals surface area contributed by atoms with Crippen molar-refractivity contribution in [2.75, 3.05) is 20.2 Å². The van der Waals surface area contributed by atoms with Crippen molar-refractivity contribution in [1.82, 2.24) is 10.6 Å². The number of unbranched alkanes of at least 4 members (excludes halogenated alkanes) is 12. The number of nitrogens with one attached hydrogen (secondary N) is 2. The van der Waals surface area contributed by atoms with Crippen molar-refractivity contribution in [1.29, 1.82) is 0 Å². The lowest BCUT2D eigenvalue weighted by atomic mass is 10.0. The molecule has 0 aliphatic carbocycles. The minimum atomic E-state index is -0.516. The summed E-state index contributed by atoms with van der Waals surface area (Å²) in [7, 11) is 1.51. The van der Waals surface area contributed by atoms with Crippen molar-refractivity contribution in [3.63, 3.8) is 0 Å². The Kier molecular flexibility index (Phi) is 17.1. The van der Waals surface area contributed by atoms with Crippen molar-refractivity contribution in [3.05, 3.63) is 0 Å². The van der Waals surface area contributed by atoms with Crippen LogP contribution in [0.2, 0.25) is 0 Å². The summed E-state index contributed by atoms with van der Waals surface area (Å²) in [5, 5.41) is 5.06. The van der Waals surface area contributed by atoms with Gasteiger partial charge in [0.25, 0.3) is 5.91 Å². The fraction of sp³-hybridized carbons (Fsp3) is 0.895. The molecule has 2 amide bonds. The molecule has 0 saturated heterocycles. The Morgan fingerprint density at radius 1 is 0.750 bits per heavy atom. The van der Waals surface area contributed by atoms with Gasteiger partial charge in [0.2, 0.25) is 0 Å². The van der Waals surface area contributed by atoms with Gasteiger partial charge in [-0.05, 0) is 6.42 Å². The average molecular weight is 343 g/mol. The van der Waals surface area contributed by atoms with Gasteiger partial charge in [0.05, 0.1) is 0 Å². The first-order chi connectivity index (χ1) is 11.7. The van der Waals surface area contributed by atoms with Gasteiger partial charge in [-0.3, -0.25) is 4.79 Å². The Labute approximate surface area is 148 Å². The average Bonchev–Trinajstić information content (AvgIpc) is 2.59. The molecule has 0 atom stereocenters. The highest BCUT2D eigenvalue weighted by atomic mass is 16.6. The summed E-state index contributed by atoms with van der Waals surface area (Å²) in [4.78, 5) is 22.2. The van der Waals surface area contributed by atoms with Crippen LogP contribution in [0.3, 0.4) is 0 Å². The first-order valence-corrected chi connectivity index (χ1v) is 9.82. The Morgan fingerprint density at radius 3 is 1.67 bits per heavy atom. The SMILES string of the molecule is CCCCCCCCCCCCCCCNC(=O)OCC(=O)NC. The van der Waals surface area contributed by atoms with Crippen molar-refractivity contribution in [2.24, 2.45) is 0 Å². The first kappa shape index (κ1) is 22.7. The van der Waals surface area contributed by atoms with E-state index in [1.54, 1.807) is 0 Å². The van der Waals surface area contributed by atoms with Gasteiger partial charge in [-0.1, -0.05) is 84.0 Å². The summed E-state index contributed by atoms with van der Waals surface area (Å²) in [6, 6.07) is 0. The smallest absolute Gasteiger partial charge is 0.407 e. The van der Waals surface area contributed by atoms with Crippen molar-refractivity contribution in [2.45, 2.75) is 90.4 Å². The van der Waals surface area contributed by atoms with Gasteiger partial charge < -0.3 is 15.4 Å². The van der Waals surface area contributed by atoms with Crippen LogP contribution in [0.25, 0.3) is 0 Å². The molecular formula is C19H38N2O3. The number of carbonyl (C=O) groups is 2. The van der Waals surface area contributed by atoms with E-state index in [2.05, 4.69) is 17.6 Å². The number of carbonyl (C=O) groups excluding carboxylic acids is 2. The van der Waals surface area contributed by atoms with E-state index in [1.165, 1.54) is 77.7 Å². The molecule has 0 unspecified atom stereocenters. The van der Waals surface area contributed by atoms with E-state index in [-0.39, 0.29) is 12.5 Å². The molecule has 0 bridgehead atoms. The number of rotatable bonds is 16. The van der Waals surface area contributed by atoms with E-state index < -0.39 is 6.09 Å². The van der Waals surface area contributed by atoms with Gasteiger partial charge in [-0.15, -0.1) is 0 Å². The Balaban J connectivity index is 3.14. The van der Waals surface area contributed by atoms with Crippen LogP contribution in [0.4, 0.5) is 4.79 Å². The predicted molar refractivity (Wildman–Crippen MR) is 99.1 cm³/mol. The van der Waals surface area contributed by atoms with E-state index in [9.17, 15) is 9.59 Å². The van der Waals surface area contributed by atoms with Crippen molar-refractivity contribution < 1.29 is 14.3 Å². The molecular weight excluding hydrogens is 304 g/mol. The van der Waals surface area contributed by atoms with Crippen LogP contribution in [-0.2, 0) is 9.53 Å². The fourth-order valence-corrected chi connectivity index (χ4v) is 2.59. The lowest BCUT2D eigenvalue weighted by Gasteiger charge is -2.06. The largest absolute Gasteiger partial charge is 0.439 e. The second-order valence-corrected chi connectivity index (χ2v) is 6.42. The highest BCUT2D eigenvalue weighted by molar-refractivity contribution is 5.79. The molecule has 0 aromatic heterocycles. The normalized spacial score (nSPS) is 10.4. The molecule has 5 heteroatoms. The number of amides is 2. The number of ether oxygens (including phenoxy) is 1. The molecule has 0 rings (SSSR count). The maximum atomic E-state index is 11.3. The van der Waals surface area contributed by atoms with E-state index in [0.29, 0.717) is 6.54 Å². The first-order valence-electron chi connectivity index (χ1n) is 9.82. The number of likely N-dealkylation sites (N-methyl/N-ethyl adjacent to an activating group) is 1. The van der Waals surface area contributed by atoms with Gasteiger partial charge in [0.15, 0.2) is 6.61 Å². The molecule has 0 radical (unpaired) electrons. The minimum Gasteiger partial charge on any atom is -0.439 e. The lowest BCUT2D eigenvalue weighted by molar-refractivity contribution is -0.123. The predicted octanol–water partition coefficient (Wildman–Crippen LogP) is 4.55. The molecule has 0 spiro atoms. The maximum Gasteiger partial charge on any atom is 0.407 e. The zero-order chi connectivity index (χ0) is 17.9.